The molecule has 2 aliphatic carbocycles. The fourth-order valence-electron chi connectivity index (χ4n) is 5.53. The van der Waals surface area contributed by atoms with Crippen molar-refractivity contribution in [2.75, 3.05) is 23.8 Å². The van der Waals surface area contributed by atoms with Crippen LogP contribution in [0.4, 0.5) is 30.8 Å². The Bertz CT molecular complexity index is 1760. The number of hydrogen-bond donors (Lipinski definition) is 7. The van der Waals surface area contributed by atoms with Gasteiger partial charge >= 0.3 is 30.0 Å². The summed E-state index contributed by atoms with van der Waals surface area (Å²) < 4.78 is 43.5. The van der Waals surface area contributed by atoms with Crippen LogP contribution in [0.3, 0.4) is 0 Å². The molecule has 52 heavy (non-hydrogen) atoms. The molecule has 15 nitrogen and oxygen atoms in total. The molecule has 2 unspecified atom stereocenters. The second-order valence-electron chi connectivity index (χ2n) is 12.4. The molecule has 0 bridgehead atoms. The Morgan fingerprint density at radius 3 is 2.25 bits per heavy atom. The number of rotatable bonds is 14. The van der Waals surface area contributed by atoms with E-state index in [1.165, 1.54) is 24.3 Å². The van der Waals surface area contributed by atoms with E-state index in [1.54, 1.807) is 12.1 Å². The van der Waals surface area contributed by atoms with Crippen LogP contribution in [-0.2, 0) is 19.9 Å². The van der Waals surface area contributed by atoms with Gasteiger partial charge < -0.3 is 41.5 Å². The van der Waals surface area contributed by atoms with Crippen LogP contribution < -0.4 is 31.3 Å². The summed E-state index contributed by atoms with van der Waals surface area (Å²) in [5.41, 5.74) is 0.710. The highest BCUT2D eigenvalue weighted by Crippen LogP contribution is 2.48. The van der Waals surface area contributed by atoms with Gasteiger partial charge in [-0.1, -0.05) is 36.6 Å². The minimum Gasteiger partial charge on any atom is -0.480 e. The molecule has 2 saturated carbocycles. The number of carboxylic acid groups (broad SMARTS) is 1. The molecule has 0 saturated heterocycles. The Morgan fingerprint density at radius 1 is 0.942 bits per heavy atom. The van der Waals surface area contributed by atoms with Crippen LogP contribution in [0.15, 0.2) is 48.5 Å². The number of aliphatic hydroxyl groups is 1. The number of aliphatic hydroxyl groups excluding tert-OH is 1. The van der Waals surface area contributed by atoms with E-state index in [0.29, 0.717) is 36.4 Å². The quantitative estimate of drug-likeness (QED) is 0.118. The topological polar surface area (TPSA) is 217 Å². The zero-order chi connectivity index (χ0) is 37.5. The summed E-state index contributed by atoms with van der Waals surface area (Å²) >= 11 is 6.01. The number of aliphatic carboxylic acids is 1. The predicted molar refractivity (Wildman–Crippen MR) is 180 cm³/mol. The van der Waals surface area contributed by atoms with Crippen molar-refractivity contribution in [3.05, 3.63) is 64.7 Å². The number of carbonyl (C=O) groups excluding carboxylic acids is 3. The molecule has 278 valence electrons. The van der Waals surface area contributed by atoms with Crippen molar-refractivity contribution in [2.45, 2.75) is 74.8 Å². The number of anilines is 3. The number of nitrogens with one attached hydrogen (secondary N) is 5. The van der Waals surface area contributed by atoms with Crippen molar-refractivity contribution < 1.29 is 47.3 Å². The fourth-order valence-corrected chi connectivity index (χ4v) is 5.66. The van der Waals surface area contributed by atoms with Gasteiger partial charge in [0.25, 0.3) is 5.91 Å². The number of aromatic nitrogens is 3. The molecule has 3 amide bonds. The molecular formula is C33H36ClF3N8O7. The summed E-state index contributed by atoms with van der Waals surface area (Å²) in [4.78, 5) is 61.4. The maximum Gasteiger partial charge on any atom is 0.422 e. The number of carbonyl (C=O) groups is 4. The third-order valence-electron chi connectivity index (χ3n) is 8.46. The van der Waals surface area contributed by atoms with Crippen molar-refractivity contribution >= 4 is 52.9 Å². The predicted octanol–water partition coefficient (Wildman–Crippen LogP) is 3.42. The summed E-state index contributed by atoms with van der Waals surface area (Å²) in [5, 5.41) is 33.3. The van der Waals surface area contributed by atoms with Gasteiger partial charge in [-0.2, -0.15) is 28.1 Å². The van der Waals surface area contributed by atoms with Crippen molar-refractivity contribution in [2.24, 2.45) is 0 Å². The molecule has 3 aromatic rings. The number of benzene rings is 2. The number of ether oxygens (including phenoxy) is 1. The zero-order valence-corrected chi connectivity index (χ0v) is 28.3. The second-order valence-corrected chi connectivity index (χ2v) is 12.9. The van der Waals surface area contributed by atoms with Crippen molar-refractivity contribution in [1.82, 2.24) is 30.9 Å². The standard InChI is InChI=1S/C33H36ClF3N8O7/c34-20-9-7-19(8-10-20)32(14-15-32)45-30-42-29(43-31(44-30)52-17-33(35,36)37)39-21-11-5-18(6-12-21)25(47)41-23(28(50)51)13-16-38-26(48)27(49)40-22-3-1-2-4-24(22)46/h5-12,22-24,46H,1-4,13-17H2,(H,38,48)(H,40,49)(H,41,47)(H,50,51)(H2,39,42,43,44,45)/t22?,23-,24?/m0/s1. The molecule has 5 rings (SSSR count). The first-order chi connectivity index (χ1) is 24.7. The zero-order valence-electron chi connectivity index (χ0n) is 27.5. The van der Waals surface area contributed by atoms with E-state index < -0.39 is 66.2 Å². The first-order valence-electron chi connectivity index (χ1n) is 16.4. The van der Waals surface area contributed by atoms with Crippen molar-refractivity contribution in [3.63, 3.8) is 0 Å². The van der Waals surface area contributed by atoms with Gasteiger partial charge in [-0.25, -0.2) is 4.79 Å². The largest absolute Gasteiger partial charge is 0.480 e. The lowest BCUT2D eigenvalue weighted by Gasteiger charge is -2.28. The highest BCUT2D eigenvalue weighted by Gasteiger charge is 2.45. The number of hydrogen-bond acceptors (Lipinski definition) is 11. The Labute approximate surface area is 300 Å². The van der Waals surface area contributed by atoms with Gasteiger partial charge in [-0.05, 0) is 74.1 Å². The normalized spacial score (nSPS) is 18.3. The molecule has 2 fully saturated rings. The molecular weight excluding hydrogens is 713 g/mol. The Kier molecular flexibility index (Phi) is 12.0. The van der Waals surface area contributed by atoms with E-state index in [0.717, 1.165) is 18.4 Å². The lowest BCUT2D eigenvalue weighted by molar-refractivity contribution is -0.154. The molecule has 3 atom stereocenters. The van der Waals surface area contributed by atoms with Gasteiger partial charge in [-0.3, -0.25) is 14.4 Å². The summed E-state index contributed by atoms with van der Waals surface area (Å²) in [7, 11) is 0. The van der Waals surface area contributed by atoms with Crippen LogP contribution in [0, 0.1) is 0 Å². The number of amides is 3. The maximum absolute atomic E-state index is 12.9. The minimum atomic E-state index is -4.64. The number of carboxylic acids is 1. The van der Waals surface area contributed by atoms with E-state index in [1.807, 2.05) is 12.1 Å². The fraction of sp³-hybridized carbons (Fsp3) is 0.424. The maximum atomic E-state index is 12.9. The van der Waals surface area contributed by atoms with Crippen LogP contribution >= 0.6 is 11.6 Å². The van der Waals surface area contributed by atoms with E-state index in [9.17, 15) is 42.6 Å². The number of nitrogens with zero attached hydrogens (tertiary/aromatic N) is 3. The number of alkyl halides is 3. The van der Waals surface area contributed by atoms with Gasteiger partial charge in [-0.15, -0.1) is 0 Å². The smallest absolute Gasteiger partial charge is 0.422 e. The molecule has 7 N–H and O–H groups in total. The van der Waals surface area contributed by atoms with Gasteiger partial charge in [0.1, 0.15) is 6.04 Å². The highest BCUT2D eigenvalue weighted by molar-refractivity contribution is 6.35. The van der Waals surface area contributed by atoms with Crippen molar-refractivity contribution in [1.29, 1.82) is 0 Å². The Morgan fingerprint density at radius 2 is 1.62 bits per heavy atom. The van der Waals surface area contributed by atoms with Crippen molar-refractivity contribution in [3.8, 4) is 6.01 Å². The summed E-state index contributed by atoms with van der Waals surface area (Å²) in [6, 6.07) is 10.2. The lowest BCUT2D eigenvalue weighted by Crippen LogP contribution is -2.50. The molecule has 0 radical (unpaired) electrons. The van der Waals surface area contributed by atoms with Gasteiger partial charge in [0.05, 0.1) is 17.7 Å². The molecule has 1 aromatic heterocycles. The van der Waals surface area contributed by atoms with Gasteiger partial charge in [0.2, 0.25) is 11.9 Å². The summed E-state index contributed by atoms with van der Waals surface area (Å²) in [5.74, 6) is -4.27. The van der Waals surface area contributed by atoms with E-state index in [4.69, 9.17) is 16.3 Å². The number of halogens is 4. The molecule has 2 aliphatic rings. The molecule has 1 heterocycles. The SMILES string of the molecule is O=C(NCC[C@H](NC(=O)c1ccc(Nc2nc(NC3(c4ccc(Cl)cc4)CC3)nc(OCC(F)(F)F)n2)cc1)C(=O)O)C(=O)NC1CCCCC1O. The van der Waals surface area contributed by atoms with Crippen LogP contribution in [0.5, 0.6) is 6.01 Å². The average Bonchev–Trinajstić information content (AvgIpc) is 3.88. The van der Waals surface area contributed by atoms with Crippen LogP contribution in [-0.4, -0.2) is 86.4 Å². The third-order valence-corrected chi connectivity index (χ3v) is 8.71. The monoisotopic (exact) mass is 748 g/mol. The summed E-state index contributed by atoms with van der Waals surface area (Å²) in [6.45, 7) is -1.87. The Balaban J connectivity index is 1.18. The van der Waals surface area contributed by atoms with E-state index in [2.05, 4.69) is 41.5 Å². The van der Waals surface area contributed by atoms with E-state index in [-0.39, 0.29) is 30.4 Å². The molecule has 19 heteroatoms. The molecule has 0 spiro atoms. The highest BCUT2D eigenvalue weighted by atomic mass is 35.5. The first kappa shape index (κ1) is 38.0. The molecule has 0 aliphatic heterocycles. The summed E-state index contributed by atoms with van der Waals surface area (Å²) in [6.07, 6.45) is -1.55. The van der Waals surface area contributed by atoms with Crippen LogP contribution in [0.2, 0.25) is 5.02 Å². The van der Waals surface area contributed by atoms with E-state index >= 15 is 0 Å². The van der Waals surface area contributed by atoms with Gasteiger partial charge in [0, 0.05) is 22.8 Å². The molecule has 2 aromatic carbocycles. The van der Waals surface area contributed by atoms with Crippen LogP contribution in [0.1, 0.15) is 60.9 Å². The lowest BCUT2D eigenvalue weighted by atomic mass is 9.92. The second kappa shape index (κ2) is 16.4. The van der Waals surface area contributed by atoms with Gasteiger partial charge in [0.15, 0.2) is 6.61 Å². The Hall–Kier alpha value is -5.23. The third kappa shape index (κ3) is 10.6. The average molecular weight is 749 g/mol. The van der Waals surface area contributed by atoms with Crippen LogP contribution in [0.25, 0.3) is 0 Å². The minimum absolute atomic E-state index is 0.0438. The first-order valence-corrected chi connectivity index (χ1v) is 16.7.